The average Bonchev–Trinajstić information content (AvgIpc) is 2.67. The summed E-state index contributed by atoms with van der Waals surface area (Å²) in [6.45, 7) is 0. The number of thiazole rings is 1. The molecule has 2 aromatic rings. The predicted molar refractivity (Wildman–Crippen MR) is 69.3 cm³/mol. The number of halogens is 1. The molecule has 0 unspecified atom stereocenters. The fourth-order valence-electron chi connectivity index (χ4n) is 1.26. The van der Waals surface area contributed by atoms with E-state index in [1.165, 1.54) is 11.3 Å². The molecule has 0 spiro atoms. The fourth-order valence-corrected chi connectivity index (χ4v) is 2.38. The van der Waals surface area contributed by atoms with Crippen LogP contribution in [0.25, 0.3) is 0 Å². The van der Waals surface area contributed by atoms with Gasteiger partial charge >= 0.3 is 0 Å². The minimum atomic E-state index is 0.461. The molecular weight excluding hydrogens is 288 g/mol. The Hall–Kier alpha value is -1.20. The first-order valence-corrected chi connectivity index (χ1v) is 6.30. The molecule has 0 amide bonds. The van der Waals surface area contributed by atoms with Crippen LogP contribution in [0.4, 0.5) is 10.8 Å². The van der Waals surface area contributed by atoms with Crippen molar-refractivity contribution in [1.82, 2.24) is 4.98 Å². The summed E-state index contributed by atoms with van der Waals surface area (Å²) in [5.74, 6) is 0. The topological polar surface area (TPSA) is 42.0 Å². The highest BCUT2D eigenvalue weighted by Gasteiger charge is 1.99. The van der Waals surface area contributed by atoms with Crippen molar-refractivity contribution in [2.24, 2.45) is 0 Å². The van der Waals surface area contributed by atoms with E-state index >= 15 is 0 Å². The third kappa shape index (κ3) is 2.90. The summed E-state index contributed by atoms with van der Waals surface area (Å²) in [6, 6.07) is 7.74. The zero-order valence-electron chi connectivity index (χ0n) is 8.31. The van der Waals surface area contributed by atoms with Crippen molar-refractivity contribution < 1.29 is 4.79 Å². The Morgan fingerprint density at radius 1 is 1.38 bits per heavy atom. The SMILES string of the molecule is O=CCc1ccc(Nc2ncc(Br)s2)cc1. The van der Waals surface area contributed by atoms with Gasteiger partial charge in [-0.25, -0.2) is 4.98 Å². The van der Waals surface area contributed by atoms with Gasteiger partial charge in [0, 0.05) is 12.1 Å². The molecule has 0 saturated carbocycles. The third-order valence-corrected chi connectivity index (χ3v) is 3.39. The van der Waals surface area contributed by atoms with Gasteiger partial charge < -0.3 is 10.1 Å². The molecule has 0 fully saturated rings. The normalized spacial score (nSPS) is 10.1. The number of rotatable bonds is 4. The molecule has 5 heteroatoms. The van der Waals surface area contributed by atoms with Crippen LogP contribution in [0, 0.1) is 0 Å². The number of nitrogens with zero attached hydrogens (tertiary/aromatic N) is 1. The molecule has 1 aromatic carbocycles. The van der Waals surface area contributed by atoms with Crippen molar-refractivity contribution in [2.45, 2.75) is 6.42 Å². The van der Waals surface area contributed by atoms with Gasteiger partial charge in [0.1, 0.15) is 6.29 Å². The molecule has 0 aliphatic heterocycles. The Bertz CT molecular complexity index is 481. The first kappa shape index (κ1) is 11.3. The van der Waals surface area contributed by atoms with Crippen LogP contribution in [0.2, 0.25) is 0 Å². The van der Waals surface area contributed by atoms with Gasteiger partial charge in [-0.2, -0.15) is 0 Å². The van der Waals surface area contributed by atoms with E-state index in [0.29, 0.717) is 6.42 Å². The standard InChI is InChI=1S/C11H9BrN2OS/c12-10-7-13-11(16-10)14-9-3-1-8(2-4-9)5-6-15/h1-4,6-7H,5H2,(H,13,14). The van der Waals surface area contributed by atoms with E-state index in [1.54, 1.807) is 6.20 Å². The summed E-state index contributed by atoms with van der Waals surface area (Å²) >= 11 is 4.89. The molecule has 2 rings (SSSR count). The van der Waals surface area contributed by atoms with Crippen LogP contribution in [0.5, 0.6) is 0 Å². The lowest BCUT2D eigenvalue weighted by Crippen LogP contribution is -1.90. The second-order valence-electron chi connectivity index (χ2n) is 3.16. The number of hydrogen-bond acceptors (Lipinski definition) is 4. The Labute approximate surface area is 106 Å². The molecule has 82 valence electrons. The van der Waals surface area contributed by atoms with Gasteiger partial charge in [0.25, 0.3) is 0 Å². The van der Waals surface area contributed by atoms with Crippen molar-refractivity contribution in [3.05, 3.63) is 39.8 Å². The van der Waals surface area contributed by atoms with Crippen molar-refractivity contribution in [1.29, 1.82) is 0 Å². The van der Waals surface area contributed by atoms with Crippen LogP contribution < -0.4 is 5.32 Å². The Kier molecular flexibility index (Phi) is 3.69. The molecule has 3 nitrogen and oxygen atoms in total. The molecule has 0 bridgehead atoms. The number of nitrogens with one attached hydrogen (secondary N) is 1. The lowest BCUT2D eigenvalue weighted by atomic mass is 10.1. The van der Waals surface area contributed by atoms with Crippen LogP contribution in [-0.4, -0.2) is 11.3 Å². The quantitative estimate of drug-likeness (QED) is 0.880. The monoisotopic (exact) mass is 296 g/mol. The largest absolute Gasteiger partial charge is 0.332 e. The van der Waals surface area contributed by atoms with Crippen molar-refractivity contribution >= 4 is 44.4 Å². The van der Waals surface area contributed by atoms with Crippen LogP contribution in [0.3, 0.4) is 0 Å². The van der Waals surface area contributed by atoms with Gasteiger partial charge in [0.05, 0.1) is 9.98 Å². The highest BCUT2D eigenvalue weighted by atomic mass is 79.9. The smallest absolute Gasteiger partial charge is 0.188 e. The maximum atomic E-state index is 10.3. The number of hydrogen-bond donors (Lipinski definition) is 1. The second-order valence-corrected chi connectivity index (χ2v) is 5.57. The molecule has 16 heavy (non-hydrogen) atoms. The summed E-state index contributed by atoms with van der Waals surface area (Å²) in [6.07, 6.45) is 3.12. The summed E-state index contributed by atoms with van der Waals surface area (Å²) in [4.78, 5) is 14.5. The molecule has 1 N–H and O–H groups in total. The van der Waals surface area contributed by atoms with Crippen molar-refractivity contribution in [2.75, 3.05) is 5.32 Å². The molecule has 0 aliphatic carbocycles. The molecule has 0 saturated heterocycles. The number of carbonyl (C=O) groups is 1. The van der Waals surface area contributed by atoms with E-state index in [-0.39, 0.29) is 0 Å². The van der Waals surface area contributed by atoms with E-state index in [2.05, 4.69) is 26.2 Å². The summed E-state index contributed by atoms with van der Waals surface area (Å²) in [5, 5.41) is 4.03. The van der Waals surface area contributed by atoms with E-state index < -0.39 is 0 Å². The van der Waals surface area contributed by atoms with Crippen LogP contribution >= 0.6 is 27.3 Å². The van der Waals surface area contributed by atoms with Crippen LogP contribution in [0.15, 0.2) is 34.2 Å². The van der Waals surface area contributed by atoms with E-state index in [1.807, 2.05) is 24.3 Å². The highest BCUT2D eigenvalue weighted by molar-refractivity contribution is 9.11. The van der Waals surface area contributed by atoms with Gasteiger partial charge in [0.2, 0.25) is 0 Å². The summed E-state index contributed by atoms with van der Waals surface area (Å²) in [5.41, 5.74) is 1.98. The van der Waals surface area contributed by atoms with Gasteiger partial charge in [-0.1, -0.05) is 23.5 Å². The van der Waals surface area contributed by atoms with E-state index in [0.717, 1.165) is 26.5 Å². The number of carbonyl (C=O) groups excluding carboxylic acids is 1. The van der Waals surface area contributed by atoms with Gasteiger partial charge in [-0.3, -0.25) is 0 Å². The molecule has 0 radical (unpaired) electrons. The zero-order valence-corrected chi connectivity index (χ0v) is 10.7. The molecular formula is C11H9BrN2OS. The summed E-state index contributed by atoms with van der Waals surface area (Å²) in [7, 11) is 0. The minimum absolute atomic E-state index is 0.461. The number of aromatic nitrogens is 1. The predicted octanol–water partition coefficient (Wildman–Crippen LogP) is 3.39. The van der Waals surface area contributed by atoms with Crippen molar-refractivity contribution in [3.63, 3.8) is 0 Å². The summed E-state index contributed by atoms with van der Waals surface area (Å²) < 4.78 is 0.993. The van der Waals surface area contributed by atoms with Gasteiger partial charge in [-0.05, 0) is 33.6 Å². The first-order chi connectivity index (χ1) is 7.78. The molecule has 0 atom stereocenters. The highest BCUT2D eigenvalue weighted by Crippen LogP contribution is 2.26. The number of benzene rings is 1. The lowest BCUT2D eigenvalue weighted by molar-refractivity contribution is -0.107. The second kappa shape index (κ2) is 5.23. The maximum Gasteiger partial charge on any atom is 0.188 e. The fraction of sp³-hybridized carbons (Fsp3) is 0.0909. The van der Waals surface area contributed by atoms with Gasteiger partial charge in [-0.15, -0.1) is 0 Å². The number of aldehydes is 1. The Morgan fingerprint density at radius 3 is 2.69 bits per heavy atom. The van der Waals surface area contributed by atoms with Crippen molar-refractivity contribution in [3.8, 4) is 0 Å². The molecule has 1 heterocycles. The van der Waals surface area contributed by atoms with Gasteiger partial charge in [0.15, 0.2) is 5.13 Å². The minimum Gasteiger partial charge on any atom is -0.332 e. The molecule has 0 aliphatic rings. The van der Waals surface area contributed by atoms with Crippen LogP contribution in [0.1, 0.15) is 5.56 Å². The average molecular weight is 297 g/mol. The van der Waals surface area contributed by atoms with Crippen LogP contribution in [-0.2, 0) is 11.2 Å². The number of anilines is 2. The Balaban J connectivity index is 2.07. The maximum absolute atomic E-state index is 10.3. The lowest BCUT2D eigenvalue weighted by Gasteiger charge is -2.02. The van der Waals surface area contributed by atoms with E-state index in [9.17, 15) is 4.79 Å². The zero-order chi connectivity index (χ0) is 11.4. The third-order valence-electron chi connectivity index (χ3n) is 2.00. The first-order valence-electron chi connectivity index (χ1n) is 4.69. The Morgan fingerprint density at radius 2 is 2.12 bits per heavy atom. The van der Waals surface area contributed by atoms with E-state index in [4.69, 9.17) is 0 Å². The molecule has 1 aromatic heterocycles.